The van der Waals surface area contributed by atoms with E-state index in [1.54, 1.807) is 68.7 Å². The maximum absolute atomic E-state index is 13.4. The minimum Gasteiger partial charge on any atom is -0.497 e. The van der Waals surface area contributed by atoms with Crippen molar-refractivity contribution in [2.45, 2.75) is 12.5 Å². The number of para-hydroxylation sites is 1. The standard InChI is InChI=1S/C28H29FN2O5/c1-34-21-13-9-19(10-14-21)28(33)31-16-23(22-5-4-6-25(35-2)26(22)36-3)24(17-31)27(32)30-15-18-7-11-20(29)12-8-18/h4-14,23-24H,15-17H2,1-3H3,(H,30,32)/t23-,24-/m0/s1. The van der Waals surface area contributed by atoms with Gasteiger partial charge >= 0.3 is 0 Å². The second-order valence-electron chi connectivity index (χ2n) is 8.58. The van der Waals surface area contributed by atoms with E-state index in [0.29, 0.717) is 29.4 Å². The van der Waals surface area contributed by atoms with Crippen LogP contribution in [0.25, 0.3) is 0 Å². The summed E-state index contributed by atoms with van der Waals surface area (Å²) in [5, 5.41) is 2.95. The number of nitrogens with one attached hydrogen (secondary N) is 1. The van der Waals surface area contributed by atoms with Gasteiger partial charge in [-0.25, -0.2) is 4.39 Å². The number of rotatable bonds is 8. The van der Waals surface area contributed by atoms with Crippen molar-refractivity contribution in [1.29, 1.82) is 0 Å². The number of methoxy groups -OCH3 is 3. The first-order chi connectivity index (χ1) is 17.4. The Morgan fingerprint density at radius 1 is 0.917 bits per heavy atom. The molecule has 0 bridgehead atoms. The zero-order valence-corrected chi connectivity index (χ0v) is 20.5. The number of carbonyl (C=O) groups excluding carboxylic acids is 2. The number of hydrogen-bond donors (Lipinski definition) is 1. The summed E-state index contributed by atoms with van der Waals surface area (Å²) in [5.74, 6) is 0.223. The van der Waals surface area contributed by atoms with Gasteiger partial charge < -0.3 is 24.4 Å². The highest BCUT2D eigenvalue weighted by Gasteiger charge is 2.42. The Bertz CT molecular complexity index is 1210. The monoisotopic (exact) mass is 492 g/mol. The maximum Gasteiger partial charge on any atom is 0.253 e. The Labute approximate surface area is 209 Å². The number of nitrogens with zero attached hydrogens (tertiary/aromatic N) is 1. The van der Waals surface area contributed by atoms with Gasteiger partial charge in [0.05, 0.1) is 27.2 Å². The molecule has 3 aromatic rings. The van der Waals surface area contributed by atoms with Crippen LogP contribution >= 0.6 is 0 Å². The molecule has 0 aliphatic carbocycles. The van der Waals surface area contributed by atoms with Gasteiger partial charge in [0.1, 0.15) is 11.6 Å². The number of likely N-dealkylation sites (tertiary alicyclic amines) is 1. The summed E-state index contributed by atoms with van der Waals surface area (Å²) in [7, 11) is 4.68. The molecule has 0 spiro atoms. The van der Waals surface area contributed by atoms with Crippen molar-refractivity contribution in [2.24, 2.45) is 5.92 Å². The molecule has 1 aliphatic rings. The molecule has 188 valence electrons. The molecule has 1 aliphatic heterocycles. The molecule has 0 radical (unpaired) electrons. The summed E-state index contributed by atoms with van der Waals surface area (Å²) >= 11 is 0. The lowest BCUT2D eigenvalue weighted by atomic mass is 9.87. The average Bonchev–Trinajstić information content (AvgIpc) is 3.37. The SMILES string of the molecule is COc1ccc(C(=O)N2C[C@H](C(=O)NCc3ccc(F)cc3)[C@H](c3cccc(OC)c3OC)C2)cc1. The first-order valence-corrected chi connectivity index (χ1v) is 11.6. The van der Waals surface area contributed by atoms with Crippen LogP contribution in [0, 0.1) is 11.7 Å². The molecule has 4 rings (SSSR count). The van der Waals surface area contributed by atoms with Crippen LogP contribution in [0.4, 0.5) is 4.39 Å². The highest BCUT2D eigenvalue weighted by atomic mass is 19.1. The fourth-order valence-corrected chi connectivity index (χ4v) is 4.59. The average molecular weight is 493 g/mol. The van der Waals surface area contributed by atoms with Crippen LogP contribution in [0.5, 0.6) is 17.2 Å². The van der Waals surface area contributed by atoms with E-state index in [4.69, 9.17) is 14.2 Å². The van der Waals surface area contributed by atoms with E-state index in [1.807, 2.05) is 12.1 Å². The van der Waals surface area contributed by atoms with Gasteiger partial charge in [-0.05, 0) is 48.0 Å². The third-order valence-electron chi connectivity index (χ3n) is 6.49. The van der Waals surface area contributed by atoms with Crippen LogP contribution < -0.4 is 19.5 Å². The van der Waals surface area contributed by atoms with Gasteiger partial charge in [0.25, 0.3) is 5.91 Å². The molecular weight excluding hydrogens is 463 g/mol. The van der Waals surface area contributed by atoms with Crippen molar-refractivity contribution in [1.82, 2.24) is 10.2 Å². The lowest BCUT2D eigenvalue weighted by Gasteiger charge is -2.21. The Balaban J connectivity index is 1.61. The van der Waals surface area contributed by atoms with Crippen molar-refractivity contribution in [2.75, 3.05) is 34.4 Å². The molecule has 1 saturated heterocycles. The summed E-state index contributed by atoms with van der Waals surface area (Å²) in [5.41, 5.74) is 2.09. The van der Waals surface area contributed by atoms with Gasteiger partial charge in [-0.2, -0.15) is 0 Å². The molecular formula is C28H29FN2O5. The molecule has 0 unspecified atom stereocenters. The molecule has 7 nitrogen and oxygen atoms in total. The zero-order chi connectivity index (χ0) is 25.7. The number of carbonyl (C=O) groups is 2. The van der Waals surface area contributed by atoms with Crippen LogP contribution in [-0.4, -0.2) is 51.1 Å². The minimum absolute atomic E-state index is 0.168. The van der Waals surface area contributed by atoms with Crippen LogP contribution in [-0.2, 0) is 11.3 Å². The summed E-state index contributed by atoms with van der Waals surface area (Å²) < 4.78 is 29.5. The summed E-state index contributed by atoms with van der Waals surface area (Å²) in [6, 6.07) is 18.4. The highest BCUT2D eigenvalue weighted by Crippen LogP contribution is 2.42. The molecule has 1 heterocycles. The van der Waals surface area contributed by atoms with E-state index in [-0.39, 0.29) is 36.6 Å². The van der Waals surface area contributed by atoms with Gasteiger partial charge in [-0.1, -0.05) is 24.3 Å². The summed E-state index contributed by atoms with van der Waals surface area (Å²) in [6.45, 7) is 0.832. The molecule has 0 saturated carbocycles. The van der Waals surface area contributed by atoms with Gasteiger partial charge in [-0.15, -0.1) is 0 Å². The fraction of sp³-hybridized carbons (Fsp3) is 0.286. The number of hydrogen-bond acceptors (Lipinski definition) is 5. The number of benzene rings is 3. The predicted octanol–water partition coefficient (Wildman–Crippen LogP) is 4.02. The third kappa shape index (κ3) is 5.27. The van der Waals surface area contributed by atoms with Crippen molar-refractivity contribution < 1.29 is 28.2 Å². The summed E-state index contributed by atoms with van der Waals surface area (Å²) in [4.78, 5) is 28.4. The molecule has 1 fully saturated rings. The Morgan fingerprint density at radius 3 is 2.28 bits per heavy atom. The lowest BCUT2D eigenvalue weighted by Crippen LogP contribution is -2.35. The van der Waals surface area contributed by atoms with Crippen molar-refractivity contribution in [3.05, 3.63) is 89.2 Å². The van der Waals surface area contributed by atoms with Crippen molar-refractivity contribution in [3.8, 4) is 17.2 Å². The van der Waals surface area contributed by atoms with E-state index < -0.39 is 5.92 Å². The second-order valence-corrected chi connectivity index (χ2v) is 8.58. The molecule has 3 aromatic carbocycles. The Morgan fingerprint density at radius 2 is 1.64 bits per heavy atom. The van der Waals surface area contributed by atoms with E-state index in [2.05, 4.69) is 5.32 Å². The van der Waals surface area contributed by atoms with E-state index in [0.717, 1.165) is 11.1 Å². The first kappa shape index (κ1) is 25.0. The largest absolute Gasteiger partial charge is 0.497 e. The van der Waals surface area contributed by atoms with E-state index >= 15 is 0 Å². The molecule has 8 heteroatoms. The number of ether oxygens (including phenoxy) is 3. The molecule has 1 N–H and O–H groups in total. The molecule has 36 heavy (non-hydrogen) atoms. The molecule has 0 aromatic heterocycles. The van der Waals surface area contributed by atoms with E-state index in [9.17, 15) is 14.0 Å². The van der Waals surface area contributed by atoms with Gasteiger partial charge in [0.15, 0.2) is 11.5 Å². The minimum atomic E-state index is -0.520. The topological polar surface area (TPSA) is 77.1 Å². The first-order valence-electron chi connectivity index (χ1n) is 11.6. The van der Waals surface area contributed by atoms with Crippen LogP contribution in [0.15, 0.2) is 66.7 Å². The quantitative estimate of drug-likeness (QED) is 0.514. The smallest absolute Gasteiger partial charge is 0.253 e. The second kappa shape index (κ2) is 11.1. The predicted molar refractivity (Wildman–Crippen MR) is 133 cm³/mol. The fourth-order valence-electron chi connectivity index (χ4n) is 4.59. The molecule has 2 amide bonds. The van der Waals surface area contributed by atoms with Gasteiger partial charge in [0, 0.05) is 36.7 Å². The van der Waals surface area contributed by atoms with Crippen molar-refractivity contribution in [3.63, 3.8) is 0 Å². The van der Waals surface area contributed by atoms with E-state index in [1.165, 1.54) is 12.1 Å². The maximum atomic E-state index is 13.4. The van der Waals surface area contributed by atoms with Crippen molar-refractivity contribution >= 4 is 11.8 Å². The van der Waals surface area contributed by atoms with Gasteiger partial charge in [0.2, 0.25) is 5.91 Å². The van der Waals surface area contributed by atoms with Crippen LogP contribution in [0.3, 0.4) is 0 Å². The zero-order valence-electron chi connectivity index (χ0n) is 20.5. The third-order valence-corrected chi connectivity index (χ3v) is 6.49. The lowest BCUT2D eigenvalue weighted by molar-refractivity contribution is -0.125. The number of amides is 2. The number of halogens is 1. The Hall–Kier alpha value is -4.07. The van der Waals surface area contributed by atoms with Crippen LogP contribution in [0.1, 0.15) is 27.4 Å². The Kier molecular flexibility index (Phi) is 7.73. The summed E-state index contributed by atoms with van der Waals surface area (Å²) in [6.07, 6.45) is 0. The van der Waals surface area contributed by atoms with Gasteiger partial charge in [-0.3, -0.25) is 9.59 Å². The highest BCUT2D eigenvalue weighted by molar-refractivity contribution is 5.95. The molecule has 2 atom stereocenters. The normalized spacial score (nSPS) is 16.9. The van der Waals surface area contributed by atoms with Crippen LogP contribution in [0.2, 0.25) is 0 Å².